The van der Waals surface area contributed by atoms with Crippen molar-refractivity contribution in [2.75, 3.05) is 7.11 Å². The van der Waals surface area contributed by atoms with Crippen LogP contribution in [0.4, 0.5) is 0 Å². The number of benzene rings is 2. The third-order valence-corrected chi connectivity index (χ3v) is 4.82. The summed E-state index contributed by atoms with van der Waals surface area (Å²) in [7, 11) is 1.59. The van der Waals surface area contributed by atoms with Crippen molar-refractivity contribution in [3.63, 3.8) is 0 Å². The number of aromatic nitrogens is 3. The number of ether oxygens (including phenoxy) is 1. The molecule has 0 radical (unpaired) electrons. The van der Waals surface area contributed by atoms with Gasteiger partial charge in [0.2, 0.25) is 0 Å². The fourth-order valence-electron chi connectivity index (χ4n) is 3.15. The summed E-state index contributed by atoms with van der Waals surface area (Å²) < 4.78 is 8.22. The van der Waals surface area contributed by atoms with Crippen LogP contribution in [0.1, 0.15) is 17.2 Å². The van der Waals surface area contributed by atoms with Gasteiger partial charge < -0.3 is 14.4 Å². The quantitative estimate of drug-likeness (QED) is 0.582. The standard InChI is InChI=1S/C22H21N3O3/c1-15-3-5-16(6-4-15)19-13-20-22(27)24(11-12-25(20)23-19)14-21(26)17-7-9-18(28-2)10-8-17/h3-13,21,26H,14H2,1-2H3/t21-/m1/s1. The van der Waals surface area contributed by atoms with Gasteiger partial charge in [-0.15, -0.1) is 0 Å². The lowest BCUT2D eigenvalue weighted by Crippen LogP contribution is -2.24. The van der Waals surface area contributed by atoms with Gasteiger partial charge in [-0.25, -0.2) is 4.52 Å². The summed E-state index contributed by atoms with van der Waals surface area (Å²) in [5.41, 5.74) is 3.87. The number of aryl methyl sites for hydroxylation is 1. The number of rotatable bonds is 5. The van der Waals surface area contributed by atoms with E-state index in [1.807, 2.05) is 31.2 Å². The van der Waals surface area contributed by atoms with Gasteiger partial charge in [-0.2, -0.15) is 5.10 Å². The van der Waals surface area contributed by atoms with E-state index in [4.69, 9.17) is 4.74 Å². The average molecular weight is 375 g/mol. The average Bonchev–Trinajstić information content (AvgIpc) is 3.16. The van der Waals surface area contributed by atoms with Crippen LogP contribution in [0.3, 0.4) is 0 Å². The fourth-order valence-corrected chi connectivity index (χ4v) is 3.15. The SMILES string of the molecule is COc1ccc([C@H](O)Cn2ccn3nc(-c4ccc(C)cc4)cc3c2=O)cc1. The first kappa shape index (κ1) is 18.0. The molecule has 2 aromatic heterocycles. The van der Waals surface area contributed by atoms with E-state index < -0.39 is 6.10 Å². The number of hydrogen-bond acceptors (Lipinski definition) is 4. The number of methoxy groups -OCH3 is 1. The molecule has 1 N–H and O–H groups in total. The largest absolute Gasteiger partial charge is 0.497 e. The maximum absolute atomic E-state index is 12.9. The zero-order chi connectivity index (χ0) is 19.7. The minimum Gasteiger partial charge on any atom is -0.497 e. The molecule has 4 aromatic rings. The maximum Gasteiger partial charge on any atom is 0.276 e. The number of fused-ring (bicyclic) bond motifs is 1. The Kier molecular flexibility index (Phi) is 4.71. The lowest BCUT2D eigenvalue weighted by Gasteiger charge is -2.13. The van der Waals surface area contributed by atoms with E-state index in [2.05, 4.69) is 5.10 Å². The normalized spacial score (nSPS) is 12.2. The minimum atomic E-state index is -0.800. The molecule has 0 aliphatic rings. The molecule has 6 heteroatoms. The van der Waals surface area contributed by atoms with Crippen LogP contribution < -0.4 is 10.3 Å². The second-order valence-corrected chi connectivity index (χ2v) is 6.77. The summed E-state index contributed by atoms with van der Waals surface area (Å²) in [6.45, 7) is 2.19. The molecule has 6 nitrogen and oxygen atoms in total. The third kappa shape index (κ3) is 3.42. The van der Waals surface area contributed by atoms with Gasteiger partial charge in [0.25, 0.3) is 5.56 Å². The van der Waals surface area contributed by atoms with E-state index in [1.165, 1.54) is 10.1 Å². The third-order valence-electron chi connectivity index (χ3n) is 4.82. The zero-order valence-electron chi connectivity index (χ0n) is 15.7. The Balaban J connectivity index is 1.63. The van der Waals surface area contributed by atoms with Crippen molar-refractivity contribution in [2.24, 2.45) is 0 Å². The highest BCUT2D eigenvalue weighted by atomic mass is 16.5. The van der Waals surface area contributed by atoms with Crippen molar-refractivity contribution in [3.8, 4) is 17.0 Å². The zero-order valence-corrected chi connectivity index (χ0v) is 15.7. The van der Waals surface area contributed by atoms with Crippen molar-refractivity contribution in [1.29, 1.82) is 0 Å². The molecule has 1 atom stereocenters. The van der Waals surface area contributed by atoms with Gasteiger partial charge in [0.1, 0.15) is 11.3 Å². The molecular weight excluding hydrogens is 354 g/mol. The second-order valence-electron chi connectivity index (χ2n) is 6.77. The van der Waals surface area contributed by atoms with Gasteiger partial charge in [0, 0.05) is 18.0 Å². The topological polar surface area (TPSA) is 68.8 Å². The molecule has 2 aromatic carbocycles. The summed E-state index contributed by atoms with van der Waals surface area (Å²) in [4.78, 5) is 12.9. The summed E-state index contributed by atoms with van der Waals surface area (Å²) >= 11 is 0. The Hall–Kier alpha value is -3.38. The lowest BCUT2D eigenvalue weighted by molar-refractivity contribution is 0.155. The van der Waals surface area contributed by atoms with Crippen LogP contribution in [-0.2, 0) is 6.54 Å². The Morgan fingerprint density at radius 2 is 1.79 bits per heavy atom. The van der Waals surface area contributed by atoms with E-state index in [1.54, 1.807) is 54.4 Å². The van der Waals surface area contributed by atoms with E-state index in [0.717, 1.165) is 22.6 Å². The van der Waals surface area contributed by atoms with Gasteiger partial charge >= 0.3 is 0 Å². The van der Waals surface area contributed by atoms with E-state index in [0.29, 0.717) is 5.52 Å². The predicted octanol–water partition coefficient (Wildman–Crippen LogP) is 3.21. The summed E-state index contributed by atoms with van der Waals surface area (Å²) in [5.74, 6) is 0.720. The van der Waals surface area contributed by atoms with E-state index in [-0.39, 0.29) is 12.1 Å². The minimum absolute atomic E-state index is 0.159. The lowest BCUT2D eigenvalue weighted by atomic mass is 10.1. The summed E-state index contributed by atoms with van der Waals surface area (Å²) in [6, 6.07) is 17.0. The van der Waals surface area contributed by atoms with Crippen molar-refractivity contribution in [3.05, 3.63) is 88.5 Å². The molecule has 2 heterocycles. The summed E-state index contributed by atoms with van der Waals surface area (Å²) in [5, 5.41) is 15.0. The van der Waals surface area contributed by atoms with Crippen molar-refractivity contribution in [1.82, 2.24) is 14.2 Å². The molecule has 0 saturated heterocycles. The Morgan fingerprint density at radius 3 is 2.46 bits per heavy atom. The highest BCUT2D eigenvalue weighted by Crippen LogP contribution is 2.20. The number of aliphatic hydroxyl groups excluding tert-OH is 1. The van der Waals surface area contributed by atoms with Gasteiger partial charge in [-0.1, -0.05) is 42.0 Å². The monoisotopic (exact) mass is 375 g/mol. The van der Waals surface area contributed by atoms with Gasteiger partial charge in [-0.3, -0.25) is 4.79 Å². The molecule has 0 spiro atoms. The van der Waals surface area contributed by atoms with Gasteiger partial charge in [0.05, 0.1) is 25.5 Å². The van der Waals surface area contributed by atoms with Crippen LogP contribution in [0.25, 0.3) is 16.8 Å². The molecule has 0 fully saturated rings. The van der Waals surface area contributed by atoms with Crippen LogP contribution in [-0.4, -0.2) is 26.4 Å². The van der Waals surface area contributed by atoms with Crippen LogP contribution in [0, 0.1) is 6.92 Å². The molecule has 0 saturated carbocycles. The van der Waals surface area contributed by atoms with Crippen LogP contribution >= 0.6 is 0 Å². The number of nitrogens with zero attached hydrogens (tertiary/aromatic N) is 3. The van der Waals surface area contributed by atoms with E-state index >= 15 is 0 Å². The van der Waals surface area contributed by atoms with Crippen molar-refractivity contribution in [2.45, 2.75) is 19.6 Å². The predicted molar refractivity (Wildman–Crippen MR) is 108 cm³/mol. The molecule has 0 unspecified atom stereocenters. The van der Waals surface area contributed by atoms with E-state index in [9.17, 15) is 9.90 Å². The van der Waals surface area contributed by atoms with Crippen LogP contribution in [0.15, 0.2) is 71.8 Å². The van der Waals surface area contributed by atoms with Crippen molar-refractivity contribution >= 4 is 5.52 Å². The molecule has 0 aliphatic heterocycles. The Morgan fingerprint density at radius 1 is 1.07 bits per heavy atom. The fraction of sp³-hybridized carbons (Fsp3) is 0.182. The molecule has 28 heavy (non-hydrogen) atoms. The Bertz CT molecular complexity index is 1160. The molecule has 0 amide bonds. The second kappa shape index (κ2) is 7.32. The van der Waals surface area contributed by atoms with Crippen molar-refractivity contribution < 1.29 is 9.84 Å². The molecule has 0 bridgehead atoms. The highest BCUT2D eigenvalue weighted by Gasteiger charge is 2.13. The molecule has 4 rings (SSSR count). The maximum atomic E-state index is 12.9. The molecule has 0 aliphatic carbocycles. The van der Waals surface area contributed by atoms with Gasteiger partial charge in [0.15, 0.2) is 0 Å². The highest BCUT2D eigenvalue weighted by molar-refractivity contribution is 5.65. The smallest absolute Gasteiger partial charge is 0.276 e. The number of hydrogen-bond donors (Lipinski definition) is 1. The first-order chi connectivity index (χ1) is 13.5. The Labute approximate surface area is 162 Å². The molecule has 142 valence electrons. The molecular formula is C22H21N3O3. The first-order valence-corrected chi connectivity index (χ1v) is 9.03. The summed E-state index contributed by atoms with van der Waals surface area (Å²) in [6.07, 6.45) is 2.58. The van der Waals surface area contributed by atoms with Crippen LogP contribution in [0.2, 0.25) is 0 Å². The van der Waals surface area contributed by atoms with Crippen LogP contribution in [0.5, 0.6) is 5.75 Å². The van der Waals surface area contributed by atoms with Gasteiger partial charge in [-0.05, 0) is 30.7 Å². The first-order valence-electron chi connectivity index (χ1n) is 9.03. The number of aliphatic hydroxyl groups is 1.